The van der Waals surface area contributed by atoms with Crippen molar-refractivity contribution in [2.24, 2.45) is 0 Å². The fraction of sp³-hybridized carbons (Fsp3) is 0.125. The molecular weight excluding hydrogens is 390 g/mol. The predicted octanol–water partition coefficient (Wildman–Crippen LogP) is 3.20. The third-order valence-electron chi connectivity index (χ3n) is 3.06. The molecule has 3 rings (SSSR count). The lowest BCUT2D eigenvalue weighted by molar-refractivity contribution is -0.119. The van der Waals surface area contributed by atoms with Crippen LogP contribution in [-0.4, -0.2) is 27.8 Å². The zero-order chi connectivity index (χ0) is 18.4. The number of rotatable bonds is 6. The number of carbonyl (C=O) groups excluding carboxylic acids is 2. The van der Waals surface area contributed by atoms with E-state index in [1.165, 1.54) is 34.4 Å². The molecule has 0 aliphatic rings. The van der Waals surface area contributed by atoms with Crippen molar-refractivity contribution in [1.82, 2.24) is 21.0 Å². The van der Waals surface area contributed by atoms with Crippen LogP contribution in [0.3, 0.4) is 0 Å². The van der Waals surface area contributed by atoms with E-state index >= 15 is 0 Å². The smallest absolute Gasteiger partial charge is 0.279 e. The lowest BCUT2D eigenvalue weighted by atomic mass is 10.2. The lowest BCUT2D eigenvalue weighted by Crippen LogP contribution is -2.42. The molecule has 10 heteroatoms. The number of hydrogen-bond acceptors (Lipinski definition) is 8. The van der Waals surface area contributed by atoms with Crippen molar-refractivity contribution in [3.8, 4) is 0 Å². The molecule has 3 aromatic rings. The van der Waals surface area contributed by atoms with Crippen molar-refractivity contribution in [3.63, 3.8) is 0 Å². The highest BCUT2D eigenvalue weighted by atomic mass is 32.2. The molecule has 134 valence electrons. The summed E-state index contributed by atoms with van der Waals surface area (Å²) in [5, 5.41) is 13.7. The molecule has 26 heavy (non-hydrogen) atoms. The van der Waals surface area contributed by atoms with E-state index in [4.69, 9.17) is 0 Å². The average molecular weight is 406 g/mol. The first-order valence-electron chi connectivity index (χ1n) is 7.53. The highest BCUT2D eigenvalue weighted by molar-refractivity contribution is 8.01. The maximum Gasteiger partial charge on any atom is 0.279 e. The summed E-state index contributed by atoms with van der Waals surface area (Å²) < 4.78 is 0.667. The molecule has 2 aromatic heterocycles. The topological polar surface area (TPSA) is 96.0 Å². The molecule has 0 spiro atoms. The van der Waals surface area contributed by atoms with E-state index in [0.717, 1.165) is 11.3 Å². The van der Waals surface area contributed by atoms with Gasteiger partial charge in [0.1, 0.15) is 0 Å². The number of amides is 2. The van der Waals surface area contributed by atoms with Crippen LogP contribution >= 0.6 is 34.4 Å². The third kappa shape index (κ3) is 5.28. The summed E-state index contributed by atoms with van der Waals surface area (Å²) in [6.45, 7) is 2.02. The van der Waals surface area contributed by atoms with Gasteiger partial charge in [-0.15, -0.1) is 21.5 Å². The summed E-state index contributed by atoms with van der Waals surface area (Å²) in [5.74, 6) is -0.522. The van der Waals surface area contributed by atoms with Crippen LogP contribution in [0.15, 0.2) is 46.1 Å². The molecule has 7 nitrogen and oxygen atoms in total. The normalized spacial score (nSPS) is 10.3. The predicted molar refractivity (Wildman–Crippen MR) is 105 cm³/mol. The van der Waals surface area contributed by atoms with Gasteiger partial charge < -0.3 is 5.32 Å². The maximum absolute atomic E-state index is 11.8. The SMILES string of the molecule is Cc1cccc(Nc2nnc(SCC(=O)NNC(=O)c3cccs3)s2)c1. The number of benzene rings is 1. The largest absolute Gasteiger partial charge is 0.330 e. The van der Waals surface area contributed by atoms with Gasteiger partial charge >= 0.3 is 0 Å². The number of nitrogens with one attached hydrogen (secondary N) is 3. The van der Waals surface area contributed by atoms with Gasteiger partial charge in [-0.25, -0.2) is 0 Å². The van der Waals surface area contributed by atoms with Crippen LogP contribution in [0.5, 0.6) is 0 Å². The number of aryl methyl sites for hydroxylation is 1. The molecule has 0 saturated heterocycles. The first kappa shape index (κ1) is 18.4. The van der Waals surface area contributed by atoms with Gasteiger partial charge in [-0.1, -0.05) is 41.3 Å². The van der Waals surface area contributed by atoms with Gasteiger partial charge in [0.15, 0.2) is 4.34 Å². The first-order valence-corrected chi connectivity index (χ1v) is 10.2. The Balaban J connectivity index is 1.44. The number of hydrazine groups is 1. The number of carbonyl (C=O) groups is 2. The maximum atomic E-state index is 11.8. The fourth-order valence-corrected chi connectivity index (χ4v) is 4.12. The number of thiophene rings is 1. The molecule has 0 aliphatic carbocycles. The minimum atomic E-state index is -0.334. The molecule has 1 aromatic carbocycles. The third-order valence-corrected chi connectivity index (χ3v) is 5.90. The molecule has 2 heterocycles. The Morgan fingerprint density at radius 1 is 1.15 bits per heavy atom. The van der Waals surface area contributed by atoms with Crippen LogP contribution in [-0.2, 0) is 4.79 Å². The summed E-state index contributed by atoms with van der Waals surface area (Å²) in [4.78, 5) is 24.1. The molecule has 0 radical (unpaired) electrons. The fourth-order valence-electron chi connectivity index (χ4n) is 1.92. The summed E-state index contributed by atoms with van der Waals surface area (Å²) in [6.07, 6.45) is 0. The van der Waals surface area contributed by atoms with E-state index in [1.807, 2.05) is 31.2 Å². The number of thioether (sulfide) groups is 1. The zero-order valence-corrected chi connectivity index (χ0v) is 16.1. The summed E-state index contributed by atoms with van der Waals surface area (Å²) >= 11 is 3.92. The van der Waals surface area contributed by atoms with Gasteiger partial charge in [0.05, 0.1) is 10.6 Å². The van der Waals surface area contributed by atoms with Crippen LogP contribution in [0, 0.1) is 6.92 Å². The van der Waals surface area contributed by atoms with E-state index in [2.05, 4.69) is 26.4 Å². The summed E-state index contributed by atoms with van der Waals surface area (Å²) in [6, 6.07) is 11.4. The second-order valence-electron chi connectivity index (χ2n) is 5.14. The van der Waals surface area contributed by atoms with Crippen LogP contribution in [0.4, 0.5) is 10.8 Å². The second kappa shape index (κ2) is 8.79. The molecule has 0 saturated carbocycles. The molecule has 0 unspecified atom stereocenters. The molecule has 0 atom stereocenters. The molecule has 0 aliphatic heterocycles. The number of hydrogen-bond donors (Lipinski definition) is 3. The van der Waals surface area contributed by atoms with Crippen molar-refractivity contribution >= 4 is 57.1 Å². The molecule has 0 fully saturated rings. The summed E-state index contributed by atoms with van der Waals surface area (Å²) in [5.41, 5.74) is 6.85. The Morgan fingerprint density at radius 2 is 2.04 bits per heavy atom. The van der Waals surface area contributed by atoms with Crippen molar-refractivity contribution in [2.75, 3.05) is 11.1 Å². The van der Waals surface area contributed by atoms with Gasteiger partial charge in [0.2, 0.25) is 11.0 Å². The summed E-state index contributed by atoms with van der Waals surface area (Å²) in [7, 11) is 0. The monoisotopic (exact) mass is 405 g/mol. The minimum Gasteiger partial charge on any atom is -0.330 e. The van der Waals surface area contributed by atoms with Gasteiger partial charge in [0, 0.05) is 5.69 Å². The van der Waals surface area contributed by atoms with Gasteiger partial charge in [-0.3, -0.25) is 20.4 Å². The molecule has 0 bridgehead atoms. The lowest BCUT2D eigenvalue weighted by Gasteiger charge is -2.04. The highest BCUT2D eigenvalue weighted by Crippen LogP contribution is 2.27. The number of anilines is 2. The van der Waals surface area contributed by atoms with Crippen molar-refractivity contribution < 1.29 is 9.59 Å². The van der Waals surface area contributed by atoms with Crippen LogP contribution < -0.4 is 16.2 Å². The van der Waals surface area contributed by atoms with Crippen LogP contribution in [0.1, 0.15) is 15.2 Å². The van der Waals surface area contributed by atoms with E-state index in [-0.39, 0.29) is 17.6 Å². The minimum absolute atomic E-state index is 0.129. The Bertz CT molecular complexity index is 895. The Kier molecular flexibility index (Phi) is 6.21. The highest BCUT2D eigenvalue weighted by Gasteiger charge is 2.10. The van der Waals surface area contributed by atoms with Gasteiger partial charge in [0.25, 0.3) is 5.91 Å². The van der Waals surface area contributed by atoms with Crippen molar-refractivity contribution in [3.05, 3.63) is 52.2 Å². The standard InChI is InChI=1S/C16H15N5O2S3/c1-10-4-2-5-11(8-10)17-15-20-21-16(26-15)25-9-13(22)18-19-14(23)12-6-3-7-24-12/h2-8H,9H2,1H3,(H,17,20)(H,18,22)(H,19,23). The van der Waals surface area contributed by atoms with Crippen LogP contribution in [0.25, 0.3) is 0 Å². The van der Waals surface area contributed by atoms with Gasteiger partial charge in [-0.05, 0) is 36.1 Å². The van der Waals surface area contributed by atoms with E-state index in [1.54, 1.807) is 17.5 Å². The van der Waals surface area contributed by atoms with E-state index in [0.29, 0.717) is 14.3 Å². The number of aromatic nitrogens is 2. The second-order valence-corrected chi connectivity index (χ2v) is 8.28. The molecule has 2 amide bonds. The average Bonchev–Trinajstić information content (AvgIpc) is 3.30. The van der Waals surface area contributed by atoms with Crippen molar-refractivity contribution in [1.29, 1.82) is 0 Å². The van der Waals surface area contributed by atoms with Crippen LogP contribution in [0.2, 0.25) is 0 Å². The van der Waals surface area contributed by atoms with Gasteiger partial charge in [-0.2, -0.15) is 0 Å². The van der Waals surface area contributed by atoms with Crippen molar-refractivity contribution in [2.45, 2.75) is 11.3 Å². The zero-order valence-electron chi connectivity index (χ0n) is 13.7. The Labute approximate surface area is 162 Å². The number of nitrogens with zero attached hydrogens (tertiary/aromatic N) is 2. The van der Waals surface area contributed by atoms with E-state index in [9.17, 15) is 9.59 Å². The first-order chi connectivity index (χ1) is 12.6. The molecular formula is C16H15N5O2S3. The Morgan fingerprint density at radius 3 is 2.81 bits per heavy atom. The Hall–Kier alpha value is -2.43. The van der Waals surface area contributed by atoms with E-state index < -0.39 is 0 Å². The quantitative estimate of drug-likeness (QED) is 0.430. The molecule has 3 N–H and O–H groups in total.